The average molecular weight is 889 g/mol. The van der Waals surface area contributed by atoms with Gasteiger partial charge in [0.05, 0.1) is 0 Å². The van der Waals surface area contributed by atoms with Gasteiger partial charge in [0, 0.05) is 34.1 Å². The van der Waals surface area contributed by atoms with Crippen LogP contribution < -0.4 is 9.80 Å². The number of fused-ring (bicyclic) bond motifs is 2. The van der Waals surface area contributed by atoms with Gasteiger partial charge in [0.15, 0.2) is 0 Å². The van der Waals surface area contributed by atoms with Crippen LogP contribution in [-0.4, -0.2) is 0 Å². The lowest BCUT2D eigenvalue weighted by Crippen LogP contribution is -2.12. The number of rotatable bonds is 16. The van der Waals surface area contributed by atoms with Gasteiger partial charge in [-0.25, -0.2) is 0 Å². The molecule has 0 saturated carbocycles. The molecule has 2 nitrogen and oxygen atoms in total. The van der Waals surface area contributed by atoms with Crippen LogP contribution in [0.2, 0.25) is 0 Å². The molecule has 0 aromatic heterocycles. The van der Waals surface area contributed by atoms with Crippen molar-refractivity contribution in [3.63, 3.8) is 0 Å². The van der Waals surface area contributed by atoms with Gasteiger partial charge < -0.3 is 9.80 Å². The molecular formula is C66H68N2. The van der Waals surface area contributed by atoms with Crippen LogP contribution in [0.3, 0.4) is 0 Å². The Morgan fingerprint density at radius 3 is 0.750 bits per heavy atom. The fourth-order valence-electron chi connectivity index (χ4n) is 10.9. The summed E-state index contributed by atoms with van der Waals surface area (Å²) in [6.07, 6.45) is 8.07. The van der Waals surface area contributed by atoms with Crippen LogP contribution in [0.25, 0.3) is 43.8 Å². The topological polar surface area (TPSA) is 6.48 Å². The van der Waals surface area contributed by atoms with E-state index in [1.165, 1.54) is 111 Å². The summed E-state index contributed by atoms with van der Waals surface area (Å²) in [4.78, 5) is 5.00. The molecule has 2 heteroatoms. The lowest BCUT2D eigenvalue weighted by atomic mass is 9.85. The number of aryl methyl sites for hydroxylation is 8. The van der Waals surface area contributed by atoms with Crippen molar-refractivity contribution < 1.29 is 0 Å². The molecule has 0 radical (unpaired) electrons. The second-order valence-electron chi connectivity index (χ2n) is 18.3. The standard InChI is InChI=1S/C66H68N2/c1-9-45-27-31-55(39-49(45)13-5)67(56-32-28-46(10-2)50(14-6)40-56)59-35-37-61-63(43-59)65(53-23-19-17-20-24-53)62-38-36-60(44-64(62)66(61)54-25-21-18-22-26-54)68(57-33-29-47(11-3)51(15-7)41-57)58-34-30-48(12-4)52(16-8)42-58/h17-44H,9-16H2,1-8H3. The quantitative estimate of drug-likeness (QED) is 0.0892. The molecular weight excluding hydrogens is 821 g/mol. The molecule has 342 valence electrons. The molecule has 68 heavy (non-hydrogen) atoms. The van der Waals surface area contributed by atoms with Crippen LogP contribution in [0.4, 0.5) is 34.1 Å². The first-order chi connectivity index (χ1) is 33.4. The van der Waals surface area contributed by atoms with Gasteiger partial charge in [-0.2, -0.15) is 0 Å². The molecule has 0 atom stereocenters. The third kappa shape index (κ3) is 8.74. The number of anilines is 6. The summed E-state index contributed by atoms with van der Waals surface area (Å²) in [5.41, 5.74) is 23.3. The van der Waals surface area contributed by atoms with Crippen molar-refractivity contribution in [2.75, 3.05) is 9.80 Å². The van der Waals surface area contributed by atoms with Crippen molar-refractivity contribution in [2.24, 2.45) is 0 Å². The Kier molecular flexibility index (Phi) is 14.0. The van der Waals surface area contributed by atoms with Gasteiger partial charge in [-0.15, -0.1) is 0 Å². The van der Waals surface area contributed by atoms with Crippen LogP contribution in [0.15, 0.2) is 170 Å². The Hall–Kier alpha value is -6.90. The van der Waals surface area contributed by atoms with Crippen LogP contribution in [0, 0.1) is 0 Å². The van der Waals surface area contributed by atoms with E-state index in [1.807, 2.05) is 0 Å². The monoisotopic (exact) mass is 889 g/mol. The minimum absolute atomic E-state index is 0.995. The van der Waals surface area contributed by atoms with Crippen molar-refractivity contribution in [2.45, 2.75) is 107 Å². The fraction of sp³-hybridized carbons (Fsp3) is 0.242. The molecule has 0 bridgehead atoms. The third-order valence-corrected chi connectivity index (χ3v) is 14.6. The summed E-state index contributed by atoms with van der Waals surface area (Å²) in [6, 6.07) is 65.1. The Labute approximate surface area is 406 Å². The van der Waals surface area contributed by atoms with Crippen molar-refractivity contribution in [1.29, 1.82) is 0 Å². The maximum atomic E-state index is 2.50. The number of hydrogen-bond donors (Lipinski definition) is 0. The number of hydrogen-bond acceptors (Lipinski definition) is 2. The first-order valence-electron chi connectivity index (χ1n) is 25.6. The second-order valence-corrected chi connectivity index (χ2v) is 18.3. The third-order valence-electron chi connectivity index (χ3n) is 14.6. The van der Waals surface area contributed by atoms with Crippen molar-refractivity contribution >= 4 is 55.7 Å². The van der Waals surface area contributed by atoms with Crippen LogP contribution in [-0.2, 0) is 51.4 Å². The van der Waals surface area contributed by atoms with Crippen molar-refractivity contribution in [3.8, 4) is 22.3 Å². The second kappa shape index (κ2) is 20.5. The van der Waals surface area contributed by atoms with Gasteiger partial charge in [0.25, 0.3) is 0 Å². The van der Waals surface area contributed by atoms with E-state index in [0.717, 1.165) is 62.7 Å². The van der Waals surface area contributed by atoms with E-state index in [1.54, 1.807) is 0 Å². The zero-order valence-corrected chi connectivity index (χ0v) is 41.7. The Morgan fingerprint density at radius 2 is 0.485 bits per heavy atom. The van der Waals surface area contributed by atoms with Crippen LogP contribution >= 0.6 is 0 Å². The molecule has 0 heterocycles. The highest BCUT2D eigenvalue weighted by Gasteiger charge is 2.23. The number of nitrogens with zero attached hydrogens (tertiary/aromatic N) is 2. The van der Waals surface area contributed by atoms with E-state index >= 15 is 0 Å². The molecule has 0 aliphatic carbocycles. The van der Waals surface area contributed by atoms with E-state index in [-0.39, 0.29) is 0 Å². The highest BCUT2D eigenvalue weighted by Crippen LogP contribution is 2.49. The lowest BCUT2D eigenvalue weighted by Gasteiger charge is -2.29. The van der Waals surface area contributed by atoms with E-state index in [0.29, 0.717) is 0 Å². The normalized spacial score (nSPS) is 11.4. The van der Waals surface area contributed by atoms with Gasteiger partial charge in [0.2, 0.25) is 0 Å². The first kappa shape index (κ1) is 46.2. The summed E-state index contributed by atoms with van der Waals surface area (Å²) in [6.45, 7) is 18.2. The van der Waals surface area contributed by atoms with Crippen molar-refractivity contribution in [1.82, 2.24) is 0 Å². The Bertz CT molecular complexity index is 2890. The van der Waals surface area contributed by atoms with Crippen LogP contribution in [0.1, 0.15) is 99.9 Å². The molecule has 0 saturated heterocycles. The molecule has 0 spiro atoms. The molecule has 0 aliphatic rings. The summed E-state index contributed by atoms with van der Waals surface area (Å²) >= 11 is 0. The maximum absolute atomic E-state index is 2.50. The number of benzene rings is 9. The highest BCUT2D eigenvalue weighted by molar-refractivity contribution is 6.22. The van der Waals surface area contributed by atoms with E-state index in [9.17, 15) is 0 Å². The van der Waals surface area contributed by atoms with Gasteiger partial charge in [0.1, 0.15) is 0 Å². The predicted octanol–water partition coefficient (Wildman–Crippen LogP) is 18.8. The maximum Gasteiger partial charge on any atom is 0.0468 e. The zero-order valence-electron chi connectivity index (χ0n) is 41.7. The van der Waals surface area contributed by atoms with E-state index < -0.39 is 0 Å². The molecule has 0 unspecified atom stereocenters. The summed E-state index contributed by atoms with van der Waals surface area (Å²) in [5.74, 6) is 0. The molecule has 9 aromatic rings. The van der Waals surface area contributed by atoms with Gasteiger partial charge in [-0.3, -0.25) is 0 Å². The molecule has 0 N–H and O–H groups in total. The van der Waals surface area contributed by atoms with Gasteiger partial charge in [-0.1, -0.05) is 152 Å². The van der Waals surface area contributed by atoms with Crippen molar-refractivity contribution in [3.05, 3.63) is 214 Å². The zero-order chi connectivity index (χ0) is 47.3. The average Bonchev–Trinajstić information content (AvgIpc) is 3.40. The Balaban J connectivity index is 1.36. The summed E-state index contributed by atoms with van der Waals surface area (Å²) < 4.78 is 0. The Morgan fingerprint density at radius 1 is 0.235 bits per heavy atom. The predicted molar refractivity (Wildman–Crippen MR) is 297 cm³/mol. The highest BCUT2D eigenvalue weighted by atomic mass is 15.1. The molecule has 0 aliphatic heterocycles. The van der Waals surface area contributed by atoms with Crippen LogP contribution in [0.5, 0.6) is 0 Å². The summed E-state index contributed by atoms with van der Waals surface area (Å²) in [7, 11) is 0. The smallest absolute Gasteiger partial charge is 0.0468 e. The first-order valence-corrected chi connectivity index (χ1v) is 25.6. The molecule has 9 aromatic carbocycles. The minimum Gasteiger partial charge on any atom is -0.310 e. The lowest BCUT2D eigenvalue weighted by molar-refractivity contribution is 1.03. The van der Waals surface area contributed by atoms with E-state index in [2.05, 4.69) is 235 Å². The molecule has 0 fully saturated rings. The van der Waals surface area contributed by atoms with Gasteiger partial charge >= 0.3 is 0 Å². The molecule has 9 rings (SSSR count). The minimum atomic E-state index is 0.995. The van der Waals surface area contributed by atoms with Gasteiger partial charge in [-0.05, 0) is 212 Å². The van der Waals surface area contributed by atoms with E-state index in [4.69, 9.17) is 0 Å². The SMILES string of the molecule is CCc1ccc(N(c2ccc(CC)c(CC)c2)c2ccc3c(-c4ccccc4)c4cc(N(c5ccc(CC)c(CC)c5)c5ccc(CC)c(CC)c5)ccc4c(-c4ccccc4)c3c2)cc1CC. The largest absolute Gasteiger partial charge is 0.310 e. The molecule has 0 amide bonds. The summed E-state index contributed by atoms with van der Waals surface area (Å²) in [5, 5.41) is 4.95. The fourth-order valence-corrected chi connectivity index (χ4v) is 10.9.